The number of pyridine rings is 1. The molecule has 0 aliphatic carbocycles. The monoisotopic (exact) mass is 282 g/mol. The van der Waals surface area contributed by atoms with E-state index in [-0.39, 0.29) is 5.82 Å². The normalized spacial score (nSPS) is 10.8. The van der Waals surface area contributed by atoms with Crippen molar-refractivity contribution in [2.45, 2.75) is 13.3 Å². The molecule has 3 aromatic rings. The number of rotatable bonds is 4. The number of anilines is 1. The first-order chi connectivity index (χ1) is 10.3. The van der Waals surface area contributed by atoms with Gasteiger partial charge in [-0.1, -0.05) is 31.2 Å². The minimum atomic E-state index is -0.383. The first-order valence-corrected chi connectivity index (χ1v) is 6.90. The summed E-state index contributed by atoms with van der Waals surface area (Å²) < 4.78 is 13.4. The van der Waals surface area contributed by atoms with Gasteiger partial charge in [0.15, 0.2) is 5.82 Å². The van der Waals surface area contributed by atoms with Gasteiger partial charge in [-0.25, -0.2) is 4.39 Å². The Morgan fingerprint density at radius 3 is 2.67 bits per heavy atom. The van der Waals surface area contributed by atoms with Gasteiger partial charge in [-0.05, 0) is 12.5 Å². The van der Waals surface area contributed by atoms with Crippen molar-refractivity contribution in [2.75, 3.05) is 11.9 Å². The van der Waals surface area contributed by atoms with Crippen LogP contribution in [0.4, 0.5) is 10.2 Å². The molecule has 5 heteroatoms. The van der Waals surface area contributed by atoms with Crippen LogP contribution in [0.5, 0.6) is 0 Å². The van der Waals surface area contributed by atoms with Crippen LogP contribution in [-0.2, 0) is 0 Å². The van der Waals surface area contributed by atoms with Gasteiger partial charge in [0.2, 0.25) is 0 Å². The molecule has 1 N–H and O–H groups in total. The third kappa shape index (κ3) is 2.67. The van der Waals surface area contributed by atoms with Crippen molar-refractivity contribution in [1.82, 2.24) is 15.2 Å². The zero-order valence-corrected chi connectivity index (χ0v) is 11.7. The summed E-state index contributed by atoms with van der Waals surface area (Å²) in [6.07, 6.45) is 3.78. The van der Waals surface area contributed by atoms with E-state index in [2.05, 4.69) is 27.4 Å². The summed E-state index contributed by atoms with van der Waals surface area (Å²) in [6, 6.07) is 9.25. The molecular weight excluding hydrogens is 267 g/mol. The Bertz CT molecular complexity index is 773. The van der Waals surface area contributed by atoms with Crippen LogP contribution in [0.2, 0.25) is 0 Å². The van der Waals surface area contributed by atoms with Gasteiger partial charge in [-0.3, -0.25) is 4.98 Å². The highest BCUT2D eigenvalue weighted by Crippen LogP contribution is 2.29. The molecule has 0 amide bonds. The maximum absolute atomic E-state index is 13.4. The third-order valence-corrected chi connectivity index (χ3v) is 3.21. The summed E-state index contributed by atoms with van der Waals surface area (Å²) in [7, 11) is 0. The number of nitrogens with one attached hydrogen (secondary N) is 1. The molecular formula is C16H15FN4. The molecule has 1 aromatic carbocycles. The van der Waals surface area contributed by atoms with E-state index in [1.807, 2.05) is 24.3 Å². The highest BCUT2D eigenvalue weighted by molar-refractivity contribution is 5.99. The Balaban J connectivity index is 2.17. The van der Waals surface area contributed by atoms with Crippen LogP contribution in [0.1, 0.15) is 13.3 Å². The second-order valence-corrected chi connectivity index (χ2v) is 4.76. The second kappa shape index (κ2) is 5.83. The number of fused-ring (bicyclic) bond motifs is 1. The Morgan fingerprint density at radius 2 is 1.90 bits per heavy atom. The average Bonchev–Trinajstić information content (AvgIpc) is 2.52. The summed E-state index contributed by atoms with van der Waals surface area (Å²) in [5, 5.41) is 13.7. The molecule has 106 valence electrons. The van der Waals surface area contributed by atoms with Crippen molar-refractivity contribution in [3.8, 4) is 11.3 Å². The predicted molar refractivity (Wildman–Crippen MR) is 81.5 cm³/mol. The van der Waals surface area contributed by atoms with Crippen LogP contribution in [0, 0.1) is 5.82 Å². The number of hydrogen-bond acceptors (Lipinski definition) is 4. The van der Waals surface area contributed by atoms with E-state index in [4.69, 9.17) is 0 Å². The van der Waals surface area contributed by atoms with Gasteiger partial charge in [-0.15, -0.1) is 10.2 Å². The average molecular weight is 282 g/mol. The third-order valence-electron chi connectivity index (χ3n) is 3.21. The fraction of sp³-hybridized carbons (Fsp3) is 0.188. The maximum Gasteiger partial charge on any atom is 0.156 e. The Hall–Kier alpha value is -2.56. The van der Waals surface area contributed by atoms with Crippen LogP contribution in [0.25, 0.3) is 22.0 Å². The Labute approximate surface area is 122 Å². The lowest BCUT2D eigenvalue weighted by atomic mass is 10.1. The molecule has 21 heavy (non-hydrogen) atoms. The zero-order chi connectivity index (χ0) is 14.7. The first kappa shape index (κ1) is 13.4. The van der Waals surface area contributed by atoms with Gasteiger partial charge in [0.05, 0.1) is 6.20 Å². The fourth-order valence-electron chi connectivity index (χ4n) is 2.23. The summed E-state index contributed by atoms with van der Waals surface area (Å²) in [4.78, 5) is 3.88. The lowest BCUT2D eigenvalue weighted by Gasteiger charge is -2.10. The molecule has 2 aromatic heterocycles. The molecule has 4 nitrogen and oxygen atoms in total. The topological polar surface area (TPSA) is 50.7 Å². The maximum atomic E-state index is 13.4. The van der Waals surface area contributed by atoms with Crippen LogP contribution < -0.4 is 5.32 Å². The highest BCUT2D eigenvalue weighted by atomic mass is 19.1. The van der Waals surface area contributed by atoms with Gasteiger partial charge in [0.25, 0.3) is 0 Å². The number of nitrogens with zero attached hydrogens (tertiary/aromatic N) is 3. The van der Waals surface area contributed by atoms with Gasteiger partial charge < -0.3 is 5.32 Å². The van der Waals surface area contributed by atoms with E-state index in [0.717, 1.165) is 29.6 Å². The van der Waals surface area contributed by atoms with Crippen molar-refractivity contribution < 1.29 is 4.39 Å². The largest absolute Gasteiger partial charge is 0.368 e. The van der Waals surface area contributed by atoms with E-state index < -0.39 is 0 Å². The fourth-order valence-corrected chi connectivity index (χ4v) is 2.23. The predicted octanol–water partition coefficient (Wildman–Crippen LogP) is 3.65. The smallest absolute Gasteiger partial charge is 0.156 e. The molecule has 2 heterocycles. The molecule has 0 atom stereocenters. The Kier molecular flexibility index (Phi) is 3.73. The summed E-state index contributed by atoms with van der Waals surface area (Å²) in [5.41, 5.74) is 1.26. The van der Waals surface area contributed by atoms with Gasteiger partial charge in [0.1, 0.15) is 11.5 Å². The van der Waals surface area contributed by atoms with E-state index in [1.165, 1.54) is 12.3 Å². The van der Waals surface area contributed by atoms with Crippen molar-refractivity contribution in [3.63, 3.8) is 0 Å². The summed E-state index contributed by atoms with van der Waals surface area (Å²) >= 11 is 0. The molecule has 0 unspecified atom stereocenters. The molecule has 3 rings (SSSR count). The first-order valence-electron chi connectivity index (χ1n) is 6.90. The van der Waals surface area contributed by atoms with Crippen molar-refractivity contribution in [2.24, 2.45) is 0 Å². The van der Waals surface area contributed by atoms with E-state index in [1.54, 1.807) is 6.20 Å². The van der Waals surface area contributed by atoms with Crippen molar-refractivity contribution >= 4 is 16.6 Å². The number of benzene rings is 1. The minimum absolute atomic E-state index is 0.383. The Morgan fingerprint density at radius 1 is 1.10 bits per heavy atom. The van der Waals surface area contributed by atoms with Gasteiger partial charge in [-0.2, -0.15) is 0 Å². The van der Waals surface area contributed by atoms with E-state index >= 15 is 0 Å². The van der Waals surface area contributed by atoms with Gasteiger partial charge >= 0.3 is 0 Å². The summed E-state index contributed by atoms with van der Waals surface area (Å²) in [5.74, 6) is 0.368. The molecule has 0 fully saturated rings. The van der Waals surface area contributed by atoms with E-state index in [9.17, 15) is 4.39 Å². The molecule has 0 radical (unpaired) electrons. The quantitative estimate of drug-likeness (QED) is 0.793. The van der Waals surface area contributed by atoms with Crippen LogP contribution in [-0.4, -0.2) is 21.7 Å². The minimum Gasteiger partial charge on any atom is -0.368 e. The highest BCUT2D eigenvalue weighted by Gasteiger charge is 2.11. The lowest BCUT2D eigenvalue weighted by molar-refractivity contribution is 0.622. The van der Waals surface area contributed by atoms with Crippen molar-refractivity contribution in [1.29, 1.82) is 0 Å². The SMILES string of the molecule is CCCNc1nnc(-c2cncc(F)c2)c2ccccc12. The standard InChI is InChI=1S/C16H15FN4/c1-2-7-19-16-14-6-4-3-5-13(14)15(20-21-16)11-8-12(17)10-18-9-11/h3-6,8-10H,2,7H2,1H3,(H,19,21). The molecule has 0 spiro atoms. The molecule has 0 aliphatic rings. The zero-order valence-electron chi connectivity index (χ0n) is 11.7. The summed E-state index contributed by atoms with van der Waals surface area (Å²) in [6.45, 7) is 2.93. The van der Waals surface area contributed by atoms with Gasteiger partial charge in [0, 0.05) is 29.1 Å². The van der Waals surface area contributed by atoms with E-state index in [0.29, 0.717) is 11.3 Å². The van der Waals surface area contributed by atoms with Crippen LogP contribution in [0.15, 0.2) is 42.7 Å². The van der Waals surface area contributed by atoms with Crippen molar-refractivity contribution in [3.05, 3.63) is 48.5 Å². The molecule has 0 bridgehead atoms. The molecule has 0 saturated carbocycles. The number of aromatic nitrogens is 3. The number of hydrogen-bond donors (Lipinski definition) is 1. The van der Waals surface area contributed by atoms with Crippen LogP contribution >= 0.6 is 0 Å². The second-order valence-electron chi connectivity index (χ2n) is 4.76. The molecule has 0 aliphatic heterocycles. The van der Waals surface area contributed by atoms with Crippen LogP contribution in [0.3, 0.4) is 0 Å². The number of halogens is 1. The molecule has 0 saturated heterocycles. The lowest BCUT2D eigenvalue weighted by Crippen LogP contribution is -2.04.